The first kappa shape index (κ1) is 21.0. The van der Waals surface area contributed by atoms with Crippen molar-refractivity contribution in [2.45, 2.75) is 62.6 Å². The molecule has 2 unspecified atom stereocenters. The van der Waals surface area contributed by atoms with E-state index >= 15 is 0 Å². The minimum atomic E-state index is -1.77. The van der Waals surface area contributed by atoms with E-state index < -0.39 is 35.3 Å². The smallest absolute Gasteiger partial charge is 0.339 e. The number of piperidine rings is 2. The molecule has 1 aromatic heterocycles. The fraction of sp³-hybridized carbons (Fsp3) is 0.632. The SMILES string of the molecule is COC(=O)C1(C(=O)C2CCCC(=O)N2)CCCCN1C(=O)[C@@H](N)Cc1cnc[nH]1. The van der Waals surface area contributed by atoms with Crippen LogP contribution < -0.4 is 11.1 Å². The molecule has 3 rings (SSSR count). The van der Waals surface area contributed by atoms with Gasteiger partial charge in [0.2, 0.25) is 17.4 Å². The number of nitrogens with two attached hydrogens (primary N) is 1. The molecule has 158 valence electrons. The Kier molecular flexibility index (Phi) is 6.31. The van der Waals surface area contributed by atoms with E-state index in [9.17, 15) is 19.2 Å². The molecule has 0 aromatic carbocycles. The van der Waals surface area contributed by atoms with Gasteiger partial charge < -0.3 is 25.7 Å². The molecule has 10 heteroatoms. The molecule has 1 aromatic rings. The van der Waals surface area contributed by atoms with Crippen LogP contribution >= 0.6 is 0 Å². The number of hydrogen-bond donors (Lipinski definition) is 3. The Hall–Kier alpha value is -2.75. The van der Waals surface area contributed by atoms with Crippen molar-refractivity contribution < 1.29 is 23.9 Å². The molecule has 2 fully saturated rings. The molecule has 0 radical (unpaired) electrons. The average molecular weight is 405 g/mol. The van der Waals surface area contributed by atoms with Crippen molar-refractivity contribution in [3.05, 3.63) is 18.2 Å². The van der Waals surface area contributed by atoms with E-state index in [4.69, 9.17) is 10.5 Å². The number of rotatable bonds is 6. The lowest BCUT2D eigenvalue weighted by Gasteiger charge is -2.46. The molecule has 0 saturated carbocycles. The van der Waals surface area contributed by atoms with Crippen molar-refractivity contribution >= 4 is 23.6 Å². The molecule has 0 bridgehead atoms. The summed E-state index contributed by atoms with van der Waals surface area (Å²) in [7, 11) is 1.19. The summed E-state index contributed by atoms with van der Waals surface area (Å²) in [6.45, 7) is 0.219. The van der Waals surface area contributed by atoms with Crippen LogP contribution in [0.5, 0.6) is 0 Å². The summed E-state index contributed by atoms with van der Waals surface area (Å²) in [6.07, 6.45) is 5.94. The van der Waals surface area contributed by atoms with Crippen molar-refractivity contribution in [3.63, 3.8) is 0 Å². The standard InChI is InChI=1S/C19H27N5O5/c1-29-18(28)19(16(26)14-5-4-6-15(25)23-14)7-2-3-8-24(19)17(27)13(20)9-12-10-21-11-22-12/h10-11,13-14H,2-9,20H2,1H3,(H,21,22)(H,23,25)/t13-,14?,19?/m0/s1. The molecular weight excluding hydrogens is 378 g/mol. The van der Waals surface area contributed by atoms with Gasteiger partial charge in [0.05, 0.1) is 25.5 Å². The second-order valence-electron chi connectivity index (χ2n) is 7.56. The van der Waals surface area contributed by atoms with Gasteiger partial charge in [-0.3, -0.25) is 14.4 Å². The van der Waals surface area contributed by atoms with E-state index in [1.165, 1.54) is 18.3 Å². The zero-order valence-corrected chi connectivity index (χ0v) is 16.5. The molecule has 2 aliphatic rings. The summed E-state index contributed by atoms with van der Waals surface area (Å²) in [5.74, 6) is -2.03. The Labute approximate surface area is 168 Å². The van der Waals surface area contributed by atoms with E-state index in [2.05, 4.69) is 15.3 Å². The quantitative estimate of drug-likeness (QED) is 0.424. The molecular formula is C19H27N5O5. The molecule has 29 heavy (non-hydrogen) atoms. The monoisotopic (exact) mass is 405 g/mol. The summed E-state index contributed by atoms with van der Waals surface area (Å²) >= 11 is 0. The maximum Gasteiger partial charge on any atom is 0.339 e. The Morgan fingerprint density at radius 2 is 2.17 bits per heavy atom. The molecule has 10 nitrogen and oxygen atoms in total. The first-order valence-electron chi connectivity index (χ1n) is 9.86. The Morgan fingerprint density at radius 3 is 2.83 bits per heavy atom. The number of hydrogen-bond acceptors (Lipinski definition) is 7. The summed E-state index contributed by atoms with van der Waals surface area (Å²) in [5, 5.41) is 2.66. The lowest BCUT2D eigenvalue weighted by molar-refractivity contribution is -0.171. The molecule has 3 heterocycles. The van der Waals surface area contributed by atoms with Crippen LogP contribution in [0.25, 0.3) is 0 Å². The maximum absolute atomic E-state index is 13.5. The Balaban J connectivity index is 1.91. The van der Waals surface area contributed by atoms with Crippen molar-refractivity contribution in [3.8, 4) is 0 Å². The fourth-order valence-electron chi connectivity index (χ4n) is 4.22. The number of H-pyrrole nitrogens is 1. The first-order valence-corrected chi connectivity index (χ1v) is 9.86. The normalized spacial score (nSPS) is 25.8. The number of carbonyl (C=O) groups excluding carboxylic acids is 4. The van der Waals surface area contributed by atoms with Crippen LogP contribution in [0.1, 0.15) is 44.2 Å². The number of aromatic nitrogens is 2. The van der Waals surface area contributed by atoms with E-state index in [0.717, 1.165) is 0 Å². The van der Waals surface area contributed by atoms with Gasteiger partial charge in [0.15, 0.2) is 5.78 Å². The minimum absolute atomic E-state index is 0.146. The van der Waals surface area contributed by atoms with Crippen molar-refractivity contribution in [2.24, 2.45) is 5.73 Å². The fourth-order valence-corrected chi connectivity index (χ4v) is 4.22. The van der Waals surface area contributed by atoms with Crippen LogP contribution in [0.4, 0.5) is 0 Å². The van der Waals surface area contributed by atoms with Gasteiger partial charge in [-0.25, -0.2) is 9.78 Å². The predicted molar refractivity (Wildman–Crippen MR) is 101 cm³/mol. The van der Waals surface area contributed by atoms with Crippen LogP contribution in [0.15, 0.2) is 12.5 Å². The van der Waals surface area contributed by atoms with E-state index in [0.29, 0.717) is 37.8 Å². The molecule has 0 aliphatic carbocycles. The Morgan fingerprint density at radius 1 is 1.38 bits per heavy atom. The number of ether oxygens (including phenoxy) is 1. The molecule has 2 aliphatic heterocycles. The number of methoxy groups -OCH3 is 1. The summed E-state index contributed by atoms with van der Waals surface area (Å²) < 4.78 is 4.97. The largest absolute Gasteiger partial charge is 0.467 e. The number of aromatic amines is 1. The van der Waals surface area contributed by atoms with Gasteiger partial charge >= 0.3 is 5.97 Å². The van der Waals surface area contributed by atoms with Gasteiger partial charge in [-0.15, -0.1) is 0 Å². The van der Waals surface area contributed by atoms with E-state index in [1.807, 2.05) is 0 Å². The zero-order valence-electron chi connectivity index (χ0n) is 16.5. The number of imidazole rings is 1. The third-order valence-corrected chi connectivity index (χ3v) is 5.69. The van der Waals surface area contributed by atoms with Crippen LogP contribution in [-0.4, -0.2) is 69.7 Å². The average Bonchev–Trinajstić information content (AvgIpc) is 3.24. The van der Waals surface area contributed by atoms with Gasteiger partial charge in [0.1, 0.15) is 0 Å². The number of esters is 1. The minimum Gasteiger partial charge on any atom is -0.467 e. The summed E-state index contributed by atoms with van der Waals surface area (Å²) in [6, 6.07) is -1.78. The summed E-state index contributed by atoms with van der Waals surface area (Å²) in [5.41, 5.74) is 5.04. The van der Waals surface area contributed by atoms with Crippen LogP contribution in [0, 0.1) is 0 Å². The molecule has 4 N–H and O–H groups in total. The highest BCUT2D eigenvalue weighted by molar-refractivity contribution is 6.14. The third-order valence-electron chi connectivity index (χ3n) is 5.69. The lowest BCUT2D eigenvalue weighted by atomic mass is 9.77. The topological polar surface area (TPSA) is 147 Å². The second-order valence-corrected chi connectivity index (χ2v) is 7.56. The number of amides is 2. The van der Waals surface area contributed by atoms with Gasteiger partial charge in [-0.1, -0.05) is 0 Å². The first-order chi connectivity index (χ1) is 13.9. The van der Waals surface area contributed by atoms with Gasteiger partial charge in [0, 0.05) is 31.3 Å². The Bertz CT molecular complexity index is 780. The lowest BCUT2D eigenvalue weighted by Crippen LogP contribution is -2.70. The van der Waals surface area contributed by atoms with Crippen LogP contribution in [0.3, 0.4) is 0 Å². The summed E-state index contributed by atoms with van der Waals surface area (Å²) in [4.78, 5) is 59.5. The molecule has 0 spiro atoms. The van der Waals surface area contributed by atoms with Crippen molar-refractivity contribution in [1.29, 1.82) is 0 Å². The number of nitrogens with zero attached hydrogens (tertiary/aromatic N) is 2. The zero-order chi connectivity index (χ0) is 21.0. The highest BCUT2D eigenvalue weighted by atomic mass is 16.5. The number of ketones is 1. The maximum atomic E-state index is 13.5. The van der Waals surface area contributed by atoms with Gasteiger partial charge in [0.25, 0.3) is 0 Å². The molecule has 2 saturated heterocycles. The van der Waals surface area contributed by atoms with Crippen LogP contribution in [0.2, 0.25) is 0 Å². The van der Waals surface area contributed by atoms with Crippen molar-refractivity contribution in [1.82, 2.24) is 20.2 Å². The molecule has 2 amide bonds. The number of carbonyl (C=O) groups is 4. The van der Waals surface area contributed by atoms with Crippen molar-refractivity contribution in [2.75, 3.05) is 13.7 Å². The van der Waals surface area contributed by atoms with E-state index in [1.54, 1.807) is 6.20 Å². The third kappa shape index (κ3) is 4.02. The number of likely N-dealkylation sites (tertiary alicyclic amines) is 1. The number of Topliss-reactive ketones (excluding diaryl/α,β-unsaturated/α-hetero) is 1. The number of nitrogens with one attached hydrogen (secondary N) is 2. The highest BCUT2D eigenvalue weighted by Crippen LogP contribution is 2.33. The van der Waals surface area contributed by atoms with Crippen LogP contribution in [-0.2, 0) is 30.3 Å². The second kappa shape index (κ2) is 8.73. The van der Waals surface area contributed by atoms with Gasteiger partial charge in [-0.05, 0) is 32.1 Å². The molecule has 3 atom stereocenters. The highest BCUT2D eigenvalue weighted by Gasteiger charge is 2.57. The van der Waals surface area contributed by atoms with Gasteiger partial charge in [-0.2, -0.15) is 0 Å². The predicted octanol–water partition coefficient (Wildman–Crippen LogP) is -0.558. The van der Waals surface area contributed by atoms with E-state index in [-0.39, 0.29) is 25.3 Å².